The van der Waals surface area contributed by atoms with Gasteiger partial charge in [-0.15, -0.1) is 0 Å². The lowest BCUT2D eigenvalue weighted by molar-refractivity contribution is -0.140. The molecule has 0 fully saturated rings. The van der Waals surface area contributed by atoms with Crippen molar-refractivity contribution >= 4 is 5.97 Å². The molecule has 2 unspecified atom stereocenters. The van der Waals surface area contributed by atoms with Crippen LogP contribution in [0, 0.1) is 11.8 Å². The van der Waals surface area contributed by atoms with Gasteiger partial charge in [0.15, 0.2) is 0 Å². The predicted octanol–water partition coefficient (Wildman–Crippen LogP) is 4.74. The van der Waals surface area contributed by atoms with Crippen LogP contribution in [0.2, 0.25) is 0 Å². The molecule has 0 rings (SSSR count). The molecule has 0 aromatic carbocycles. The van der Waals surface area contributed by atoms with E-state index in [1.54, 1.807) is 6.92 Å². The number of rotatable bonds is 10. The monoisotopic (exact) mass is 254 g/mol. The molecule has 0 radical (unpaired) electrons. The Morgan fingerprint density at radius 2 is 1.83 bits per heavy atom. The summed E-state index contributed by atoms with van der Waals surface area (Å²) < 4.78 is 5.17. The van der Waals surface area contributed by atoms with Gasteiger partial charge in [0.1, 0.15) is 0 Å². The second-order valence-corrected chi connectivity index (χ2v) is 5.67. The number of esters is 1. The van der Waals surface area contributed by atoms with E-state index in [0.29, 0.717) is 18.1 Å². The van der Waals surface area contributed by atoms with Crippen molar-refractivity contribution in [1.82, 2.24) is 0 Å². The Kier molecular flexibility index (Phi) is 9.72. The average molecular weight is 254 g/mol. The molecule has 0 aliphatic carbocycles. The van der Waals surface area contributed by atoms with Crippen LogP contribution in [0.5, 0.6) is 0 Å². The molecule has 0 aromatic rings. The van der Waals surface area contributed by atoms with Crippen LogP contribution < -0.4 is 0 Å². The highest BCUT2D eigenvalue weighted by Crippen LogP contribution is 2.19. The van der Waals surface area contributed by atoms with E-state index in [4.69, 9.17) is 4.74 Å². The maximum Gasteiger partial charge on any atom is 0.333 e. The Balaban J connectivity index is 3.63. The van der Waals surface area contributed by atoms with Gasteiger partial charge in [-0.25, -0.2) is 4.79 Å². The third-order valence-electron chi connectivity index (χ3n) is 3.20. The van der Waals surface area contributed by atoms with Crippen LogP contribution >= 0.6 is 0 Å². The first-order valence-corrected chi connectivity index (χ1v) is 7.30. The number of hydrogen-bond acceptors (Lipinski definition) is 2. The van der Waals surface area contributed by atoms with Gasteiger partial charge in [0, 0.05) is 5.57 Å². The molecule has 0 saturated carbocycles. The van der Waals surface area contributed by atoms with Crippen molar-refractivity contribution in [3.63, 3.8) is 0 Å². The summed E-state index contributed by atoms with van der Waals surface area (Å²) in [6, 6.07) is 0. The summed E-state index contributed by atoms with van der Waals surface area (Å²) in [6.07, 6.45) is 7.74. The second kappa shape index (κ2) is 10.2. The molecule has 0 spiro atoms. The molecule has 2 nitrogen and oxygen atoms in total. The van der Waals surface area contributed by atoms with Gasteiger partial charge in [0.05, 0.1) is 6.61 Å². The first kappa shape index (κ1) is 17.2. The first-order chi connectivity index (χ1) is 8.47. The third kappa shape index (κ3) is 9.26. The minimum atomic E-state index is -0.266. The van der Waals surface area contributed by atoms with Gasteiger partial charge in [-0.05, 0) is 25.2 Å². The Labute approximate surface area is 113 Å². The molecule has 2 atom stereocenters. The molecule has 0 amide bonds. The number of carbonyl (C=O) groups excluding carboxylic acids is 1. The van der Waals surface area contributed by atoms with E-state index in [0.717, 1.165) is 12.3 Å². The van der Waals surface area contributed by atoms with Crippen molar-refractivity contribution in [1.29, 1.82) is 0 Å². The molecule has 0 aliphatic heterocycles. The van der Waals surface area contributed by atoms with Gasteiger partial charge >= 0.3 is 5.97 Å². The fourth-order valence-electron chi connectivity index (χ4n) is 2.13. The highest BCUT2D eigenvalue weighted by atomic mass is 16.5. The SMILES string of the molecule is C=C(C)C(=O)OCC(C)CC(C)CCCCCC. The summed E-state index contributed by atoms with van der Waals surface area (Å²) in [5, 5.41) is 0. The number of unbranched alkanes of at least 4 members (excludes halogenated alkanes) is 3. The van der Waals surface area contributed by atoms with E-state index in [2.05, 4.69) is 27.4 Å². The molecule has 0 N–H and O–H groups in total. The van der Waals surface area contributed by atoms with Crippen LogP contribution in [-0.4, -0.2) is 12.6 Å². The zero-order chi connectivity index (χ0) is 14.0. The lowest BCUT2D eigenvalue weighted by Gasteiger charge is -2.17. The maximum atomic E-state index is 11.3. The topological polar surface area (TPSA) is 26.3 Å². The van der Waals surface area contributed by atoms with Crippen LogP contribution in [0.4, 0.5) is 0 Å². The molecule has 0 heterocycles. The van der Waals surface area contributed by atoms with Gasteiger partial charge < -0.3 is 4.74 Å². The van der Waals surface area contributed by atoms with Crippen LogP contribution in [-0.2, 0) is 9.53 Å². The van der Waals surface area contributed by atoms with Gasteiger partial charge in [-0.1, -0.05) is 59.5 Å². The smallest absolute Gasteiger partial charge is 0.333 e. The lowest BCUT2D eigenvalue weighted by atomic mass is 9.93. The zero-order valence-electron chi connectivity index (χ0n) is 12.6. The molecule has 0 bridgehead atoms. The summed E-state index contributed by atoms with van der Waals surface area (Å²) in [7, 11) is 0. The van der Waals surface area contributed by atoms with Crippen molar-refractivity contribution in [3.05, 3.63) is 12.2 Å². The maximum absolute atomic E-state index is 11.3. The molecular weight excluding hydrogens is 224 g/mol. The minimum absolute atomic E-state index is 0.266. The summed E-state index contributed by atoms with van der Waals surface area (Å²) in [5.74, 6) is 0.896. The summed E-state index contributed by atoms with van der Waals surface area (Å²) >= 11 is 0. The summed E-state index contributed by atoms with van der Waals surface area (Å²) in [4.78, 5) is 11.3. The quantitative estimate of drug-likeness (QED) is 0.320. The number of hydrogen-bond donors (Lipinski definition) is 0. The van der Waals surface area contributed by atoms with E-state index < -0.39 is 0 Å². The fourth-order valence-corrected chi connectivity index (χ4v) is 2.13. The Bertz CT molecular complexity index is 245. The van der Waals surface area contributed by atoms with Crippen molar-refractivity contribution in [2.24, 2.45) is 11.8 Å². The molecule has 0 aromatic heterocycles. The Morgan fingerprint density at radius 1 is 1.17 bits per heavy atom. The minimum Gasteiger partial charge on any atom is -0.462 e. The summed E-state index contributed by atoms with van der Waals surface area (Å²) in [5.41, 5.74) is 0.481. The second-order valence-electron chi connectivity index (χ2n) is 5.67. The molecular formula is C16H30O2. The van der Waals surface area contributed by atoms with Crippen LogP contribution in [0.25, 0.3) is 0 Å². The molecule has 2 heteroatoms. The van der Waals surface area contributed by atoms with Crippen LogP contribution in [0.15, 0.2) is 12.2 Å². The van der Waals surface area contributed by atoms with Gasteiger partial charge in [0.2, 0.25) is 0 Å². The van der Waals surface area contributed by atoms with Crippen molar-refractivity contribution in [2.75, 3.05) is 6.61 Å². The molecule has 106 valence electrons. The lowest BCUT2D eigenvalue weighted by Crippen LogP contribution is -2.14. The first-order valence-electron chi connectivity index (χ1n) is 7.30. The van der Waals surface area contributed by atoms with E-state index in [1.807, 2.05) is 0 Å². The van der Waals surface area contributed by atoms with E-state index in [1.165, 1.54) is 32.1 Å². The summed E-state index contributed by atoms with van der Waals surface area (Å²) in [6.45, 7) is 12.5. The fraction of sp³-hybridized carbons (Fsp3) is 0.812. The molecule has 0 aliphatic rings. The van der Waals surface area contributed by atoms with Gasteiger partial charge in [-0.2, -0.15) is 0 Å². The van der Waals surface area contributed by atoms with Gasteiger partial charge in [-0.3, -0.25) is 0 Å². The average Bonchev–Trinajstić information content (AvgIpc) is 2.31. The largest absolute Gasteiger partial charge is 0.462 e. The normalized spacial score (nSPS) is 14.0. The van der Waals surface area contributed by atoms with E-state index >= 15 is 0 Å². The van der Waals surface area contributed by atoms with Crippen LogP contribution in [0.3, 0.4) is 0 Å². The van der Waals surface area contributed by atoms with Crippen molar-refractivity contribution in [2.45, 2.75) is 66.2 Å². The van der Waals surface area contributed by atoms with Crippen molar-refractivity contribution in [3.8, 4) is 0 Å². The highest BCUT2D eigenvalue weighted by Gasteiger charge is 2.11. The Morgan fingerprint density at radius 3 is 2.39 bits per heavy atom. The molecule has 18 heavy (non-hydrogen) atoms. The number of carbonyl (C=O) groups is 1. The zero-order valence-corrected chi connectivity index (χ0v) is 12.6. The van der Waals surface area contributed by atoms with E-state index in [-0.39, 0.29) is 5.97 Å². The highest BCUT2D eigenvalue weighted by molar-refractivity contribution is 5.86. The predicted molar refractivity (Wildman–Crippen MR) is 77.5 cm³/mol. The number of ether oxygens (including phenoxy) is 1. The van der Waals surface area contributed by atoms with Gasteiger partial charge in [0.25, 0.3) is 0 Å². The van der Waals surface area contributed by atoms with Crippen LogP contribution in [0.1, 0.15) is 66.2 Å². The standard InChI is InChI=1S/C16H30O2/c1-6-7-8-9-10-14(4)11-15(5)12-18-16(17)13(2)3/h14-15H,2,6-12H2,1,3-5H3. The van der Waals surface area contributed by atoms with E-state index in [9.17, 15) is 4.79 Å². The third-order valence-corrected chi connectivity index (χ3v) is 3.20. The Hall–Kier alpha value is -0.790. The van der Waals surface area contributed by atoms with Crippen molar-refractivity contribution < 1.29 is 9.53 Å². The molecule has 0 saturated heterocycles.